The summed E-state index contributed by atoms with van der Waals surface area (Å²) in [5.41, 5.74) is 10.0. The van der Waals surface area contributed by atoms with Gasteiger partial charge >= 0.3 is 0 Å². The van der Waals surface area contributed by atoms with Crippen molar-refractivity contribution in [1.82, 2.24) is 0 Å². The number of fused-ring (bicyclic) bond motifs is 3. The molecule has 0 saturated carbocycles. The van der Waals surface area contributed by atoms with Crippen LogP contribution in [0.3, 0.4) is 0 Å². The minimum Gasteiger partial charge on any atom is -0.507 e. The van der Waals surface area contributed by atoms with Crippen molar-refractivity contribution in [2.45, 2.75) is 107 Å². The first-order chi connectivity index (χ1) is 21.2. The van der Waals surface area contributed by atoms with Gasteiger partial charge in [0.15, 0.2) is 35.5 Å². The van der Waals surface area contributed by atoms with E-state index in [4.69, 9.17) is 30.4 Å². The van der Waals surface area contributed by atoms with Crippen LogP contribution in [0.15, 0.2) is 24.3 Å². The second-order valence-electron chi connectivity index (χ2n) is 12.5. The van der Waals surface area contributed by atoms with E-state index < -0.39 is 89.6 Å². The number of aliphatic hydroxyl groups excluding tert-OH is 2. The van der Waals surface area contributed by atoms with Gasteiger partial charge in [-0.15, -0.1) is 0 Å². The van der Waals surface area contributed by atoms with Crippen molar-refractivity contribution in [3.8, 4) is 11.5 Å². The molecule has 10 atom stereocenters. The number of carbonyl (C=O) groups excluding carboxylic acids is 3. The molecule has 2 aliphatic heterocycles. The standard InChI is InChI=1S/C32H38N2O11/c1-12-26(36)19(33)9-22(42-12)44-21-8-17-18(11-32(21,14(3)35)45-23-10-20(34)27(37)13(2)43-23)31(41)25-24(30(17)40)28(38)15-6-4-5-7-16(15)29(25)39/h4-7,12-13,19-23,26-27,36-37,40-41H,8-11,33-34H2,1-3H3. The van der Waals surface area contributed by atoms with Gasteiger partial charge in [0.05, 0.1) is 35.5 Å². The lowest BCUT2D eigenvalue weighted by Gasteiger charge is -2.48. The molecule has 0 bridgehead atoms. The van der Waals surface area contributed by atoms with E-state index in [0.29, 0.717) is 0 Å². The molecule has 2 saturated heterocycles. The van der Waals surface area contributed by atoms with Crippen LogP contribution in [0.2, 0.25) is 0 Å². The molecule has 10 unspecified atom stereocenters. The van der Waals surface area contributed by atoms with Crippen molar-refractivity contribution in [3.05, 3.63) is 57.6 Å². The molecule has 0 spiro atoms. The van der Waals surface area contributed by atoms with Crippen LogP contribution in [-0.2, 0) is 36.6 Å². The van der Waals surface area contributed by atoms with Gasteiger partial charge in [0.2, 0.25) is 0 Å². The Morgan fingerprint density at radius 1 is 0.867 bits per heavy atom. The van der Waals surface area contributed by atoms with Gasteiger partial charge < -0.3 is 50.8 Å². The molecule has 2 aromatic carbocycles. The molecule has 45 heavy (non-hydrogen) atoms. The second kappa shape index (κ2) is 11.5. The topological polar surface area (TPSA) is 221 Å². The number of nitrogens with two attached hydrogens (primary N) is 2. The largest absolute Gasteiger partial charge is 0.507 e. The zero-order valence-corrected chi connectivity index (χ0v) is 25.1. The molecule has 4 aliphatic rings. The van der Waals surface area contributed by atoms with E-state index in [0.717, 1.165) is 0 Å². The monoisotopic (exact) mass is 626 g/mol. The Morgan fingerprint density at radius 3 is 1.87 bits per heavy atom. The van der Waals surface area contributed by atoms with E-state index in [1.807, 2.05) is 0 Å². The van der Waals surface area contributed by atoms with E-state index in [1.54, 1.807) is 26.0 Å². The maximum Gasteiger partial charge on any atom is 0.198 e. The smallest absolute Gasteiger partial charge is 0.198 e. The Labute approximate surface area is 259 Å². The Kier molecular flexibility index (Phi) is 8.11. The molecule has 0 aromatic heterocycles. The number of Topliss-reactive ketones (excluding diaryl/α,β-unsaturated/α-hetero) is 1. The third kappa shape index (κ3) is 5.07. The molecule has 13 nitrogen and oxygen atoms in total. The SMILES string of the molecule is CC(=O)C1(OC2CC(N)C(O)C(C)O2)Cc2c(O)c3c(c(O)c2CC1OC1CC(N)C(O)C(C)O1)C(=O)c1ccccc1C3=O. The number of hydrogen-bond acceptors (Lipinski definition) is 13. The van der Waals surface area contributed by atoms with E-state index in [2.05, 4.69) is 0 Å². The molecule has 2 heterocycles. The quantitative estimate of drug-likeness (QED) is 0.211. The fourth-order valence-corrected chi connectivity index (χ4v) is 7.01. The number of aromatic hydroxyl groups is 2. The molecule has 6 rings (SSSR count). The summed E-state index contributed by atoms with van der Waals surface area (Å²) < 4.78 is 24.6. The summed E-state index contributed by atoms with van der Waals surface area (Å²) >= 11 is 0. The Morgan fingerprint density at radius 2 is 1.36 bits per heavy atom. The number of rotatable bonds is 5. The van der Waals surface area contributed by atoms with E-state index in [1.165, 1.54) is 19.1 Å². The van der Waals surface area contributed by atoms with Crippen molar-refractivity contribution in [2.24, 2.45) is 11.5 Å². The minimum atomic E-state index is -1.87. The number of phenols is 2. The maximum absolute atomic E-state index is 13.7. The van der Waals surface area contributed by atoms with Crippen LogP contribution in [0.5, 0.6) is 11.5 Å². The molecular formula is C32H38N2O11. The van der Waals surface area contributed by atoms with Crippen molar-refractivity contribution in [2.75, 3.05) is 0 Å². The van der Waals surface area contributed by atoms with E-state index in [-0.39, 0.29) is 59.1 Å². The van der Waals surface area contributed by atoms with Gasteiger partial charge in [-0.05, 0) is 20.8 Å². The highest BCUT2D eigenvalue weighted by Crippen LogP contribution is 2.49. The molecule has 8 N–H and O–H groups in total. The number of hydrogen-bond donors (Lipinski definition) is 6. The third-order valence-electron chi connectivity index (χ3n) is 9.63. The summed E-state index contributed by atoms with van der Waals surface area (Å²) in [6.45, 7) is 4.53. The first-order valence-corrected chi connectivity index (χ1v) is 15.1. The van der Waals surface area contributed by atoms with Gasteiger partial charge in [-0.25, -0.2) is 0 Å². The highest BCUT2D eigenvalue weighted by molar-refractivity contribution is 6.30. The average molecular weight is 627 g/mol. The number of carbonyl (C=O) groups is 3. The zero-order chi connectivity index (χ0) is 32.5. The van der Waals surface area contributed by atoms with E-state index >= 15 is 0 Å². The zero-order valence-electron chi connectivity index (χ0n) is 25.1. The summed E-state index contributed by atoms with van der Waals surface area (Å²) in [5, 5.41) is 43.9. The lowest BCUT2D eigenvalue weighted by molar-refractivity contribution is -0.304. The normalized spacial score (nSPS) is 36.2. The summed E-state index contributed by atoms with van der Waals surface area (Å²) in [5.74, 6) is -2.85. The van der Waals surface area contributed by atoms with Crippen LogP contribution in [0.25, 0.3) is 0 Å². The van der Waals surface area contributed by atoms with Gasteiger partial charge in [-0.3, -0.25) is 14.4 Å². The highest BCUT2D eigenvalue weighted by atomic mass is 16.7. The van der Waals surface area contributed by atoms with Gasteiger partial charge in [0, 0.05) is 60.0 Å². The predicted octanol–water partition coefficient (Wildman–Crippen LogP) is 0.348. The van der Waals surface area contributed by atoms with Crippen LogP contribution in [0, 0.1) is 0 Å². The van der Waals surface area contributed by atoms with Crippen molar-refractivity contribution >= 4 is 17.3 Å². The lowest BCUT2D eigenvalue weighted by Crippen LogP contribution is -2.62. The van der Waals surface area contributed by atoms with Crippen molar-refractivity contribution in [1.29, 1.82) is 0 Å². The summed E-state index contributed by atoms with van der Waals surface area (Å²) in [7, 11) is 0. The second-order valence-corrected chi connectivity index (χ2v) is 12.5. The minimum absolute atomic E-state index is 0.0271. The van der Waals surface area contributed by atoms with Crippen LogP contribution in [-0.4, -0.2) is 98.6 Å². The van der Waals surface area contributed by atoms with Crippen LogP contribution >= 0.6 is 0 Å². The van der Waals surface area contributed by atoms with Crippen LogP contribution < -0.4 is 11.5 Å². The van der Waals surface area contributed by atoms with Gasteiger partial charge in [-0.2, -0.15) is 0 Å². The molecule has 13 heteroatoms. The van der Waals surface area contributed by atoms with E-state index in [9.17, 15) is 34.8 Å². The predicted molar refractivity (Wildman–Crippen MR) is 156 cm³/mol. The Balaban J connectivity index is 1.47. The van der Waals surface area contributed by atoms with Crippen LogP contribution in [0.1, 0.15) is 76.6 Å². The molecule has 2 aromatic rings. The number of aliphatic hydroxyl groups is 2. The maximum atomic E-state index is 13.7. The molecule has 2 aliphatic carbocycles. The third-order valence-corrected chi connectivity index (χ3v) is 9.63. The fraction of sp³-hybridized carbons (Fsp3) is 0.531. The van der Waals surface area contributed by atoms with Crippen LogP contribution in [0.4, 0.5) is 0 Å². The average Bonchev–Trinajstić information content (AvgIpc) is 2.99. The first-order valence-electron chi connectivity index (χ1n) is 15.1. The van der Waals surface area contributed by atoms with Gasteiger partial charge in [0.25, 0.3) is 0 Å². The van der Waals surface area contributed by atoms with Crippen molar-refractivity contribution < 1.29 is 53.8 Å². The van der Waals surface area contributed by atoms with Crippen molar-refractivity contribution in [3.63, 3.8) is 0 Å². The lowest BCUT2D eigenvalue weighted by atomic mass is 9.71. The summed E-state index contributed by atoms with van der Waals surface area (Å²) in [4.78, 5) is 40.9. The molecule has 2 fully saturated rings. The first kappa shape index (κ1) is 31.7. The molecular weight excluding hydrogens is 588 g/mol. The van der Waals surface area contributed by atoms with Gasteiger partial charge in [0.1, 0.15) is 17.6 Å². The highest BCUT2D eigenvalue weighted by Gasteiger charge is 2.55. The number of ether oxygens (including phenoxy) is 4. The molecule has 0 radical (unpaired) electrons. The van der Waals surface area contributed by atoms with Gasteiger partial charge in [-0.1, -0.05) is 24.3 Å². The molecule has 242 valence electrons. The Bertz CT molecular complexity index is 1540. The Hall–Kier alpha value is -3.27. The number of ketones is 3. The fourth-order valence-electron chi connectivity index (χ4n) is 7.01. The number of benzene rings is 2. The summed E-state index contributed by atoms with van der Waals surface area (Å²) in [6, 6.07) is 4.70. The number of phenolic OH excluding ortho intramolecular Hbond substituents is 2. The molecule has 0 amide bonds. The summed E-state index contributed by atoms with van der Waals surface area (Å²) in [6.07, 6.45) is -7.12.